The molecule has 0 radical (unpaired) electrons. The first kappa shape index (κ1) is 19.2. The number of ether oxygens (including phenoxy) is 1. The third-order valence-corrected chi connectivity index (χ3v) is 4.55. The molecule has 0 N–H and O–H groups in total. The third kappa shape index (κ3) is 5.73. The van der Waals surface area contributed by atoms with Gasteiger partial charge in [-0.25, -0.2) is 4.36 Å². The normalized spacial score (nSPS) is 17.8. The van der Waals surface area contributed by atoms with Crippen LogP contribution in [0, 0.1) is 11.8 Å². The highest BCUT2D eigenvalue weighted by Gasteiger charge is 2.19. The minimum Gasteiger partial charge on any atom is -0.380 e. The number of allylic oxidation sites excluding steroid dienone is 3. The summed E-state index contributed by atoms with van der Waals surface area (Å²) in [5.41, 5.74) is 5.52. The molecule has 0 bridgehead atoms. The molecular weight excluding hydrogens is 294 g/mol. The van der Waals surface area contributed by atoms with Gasteiger partial charge in [0.25, 0.3) is 0 Å². The fraction of sp³-hybridized carbons (Fsp3) is 0.667. The Kier molecular flexibility index (Phi) is 8.12. The van der Waals surface area contributed by atoms with Crippen LogP contribution in [0.1, 0.15) is 40.5 Å². The molecule has 0 fully saturated rings. The van der Waals surface area contributed by atoms with Gasteiger partial charge < -0.3 is 4.74 Å². The fourth-order valence-electron chi connectivity index (χ4n) is 2.87. The van der Waals surface area contributed by atoms with Crippen LogP contribution >= 0.6 is 0 Å². The van der Waals surface area contributed by atoms with E-state index in [-0.39, 0.29) is 0 Å². The molecule has 1 aliphatic rings. The summed E-state index contributed by atoms with van der Waals surface area (Å²) in [4.78, 5) is 0. The number of nitrogens with zero attached hydrogens (tertiary/aromatic N) is 1. The fourth-order valence-corrected chi connectivity index (χ4v) is 3.25. The molecule has 22 heavy (non-hydrogen) atoms. The van der Waals surface area contributed by atoms with Gasteiger partial charge in [0.1, 0.15) is 0 Å². The van der Waals surface area contributed by atoms with E-state index >= 15 is 0 Å². The molecule has 126 valence electrons. The summed E-state index contributed by atoms with van der Waals surface area (Å²) in [5.74, 6) is 0.961. The summed E-state index contributed by atoms with van der Waals surface area (Å²) in [6.45, 7) is 10.3. The van der Waals surface area contributed by atoms with Crippen LogP contribution in [0.15, 0.2) is 38.8 Å². The Morgan fingerprint density at radius 3 is 2.45 bits per heavy atom. The molecule has 1 rings (SSSR count). The number of rotatable bonds is 7. The van der Waals surface area contributed by atoms with Crippen LogP contribution in [0.4, 0.5) is 0 Å². The van der Waals surface area contributed by atoms with Crippen molar-refractivity contribution in [1.82, 2.24) is 0 Å². The predicted octanol–water partition coefficient (Wildman–Crippen LogP) is 4.18. The van der Waals surface area contributed by atoms with Crippen molar-refractivity contribution in [2.45, 2.75) is 40.5 Å². The lowest BCUT2D eigenvalue weighted by molar-refractivity contribution is 0.228. The maximum absolute atomic E-state index is 11.2. The van der Waals surface area contributed by atoms with E-state index in [0.717, 1.165) is 12.8 Å². The summed E-state index contributed by atoms with van der Waals surface area (Å²) in [5, 5.41) is 0. The number of methoxy groups -OCH3 is 1. The van der Waals surface area contributed by atoms with Crippen LogP contribution < -0.4 is 0 Å². The predicted molar refractivity (Wildman–Crippen MR) is 96.7 cm³/mol. The monoisotopic (exact) mass is 325 g/mol. The van der Waals surface area contributed by atoms with Gasteiger partial charge in [0.15, 0.2) is 0 Å². The van der Waals surface area contributed by atoms with Crippen molar-refractivity contribution in [3.05, 3.63) is 34.4 Å². The Bertz CT molecular complexity index is 547. The summed E-state index contributed by atoms with van der Waals surface area (Å²) >= 11 is 0. The van der Waals surface area contributed by atoms with E-state index in [0.29, 0.717) is 25.0 Å². The van der Waals surface area contributed by atoms with E-state index in [1.54, 1.807) is 13.4 Å². The molecule has 0 amide bonds. The first-order valence-electron chi connectivity index (χ1n) is 8.06. The van der Waals surface area contributed by atoms with Gasteiger partial charge in [-0.3, -0.25) is 4.21 Å². The first-order valence-corrected chi connectivity index (χ1v) is 9.72. The molecular formula is C18H31NO2S. The van der Waals surface area contributed by atoms with Crippen LogP contribution in [-0.2, 0) is 15.3 Å². The second kappa shape index (κ2) is 9.31. The summed E-state index contributed by atoms with van der Waals surface area (Å²) in [6, 6.07) is 0. The maximum atomic E-state index is 11.2. The zero-order valence-corrected chi connectivity index (χ0v) is 15.7. The standard InChI is InChI=1S/C18H31NO2S/c1-13(2)16-8-7-15(12-21-5)11-18(14(3)4)17(16)9-10-19-22(6)20/h7,11,13-14,22H,8-10,12H2,1-6H3. The summed E-state index contributed by atoms with van der Waals surface area (Å²) < 4.78 is 20.8. The van der Waals surface area contributed by atoms with Crippen LogP contribution in [0.2, 0.25) is 0 Å². The van der Waals surface area contributed by atoms with E-state index in [4.69, 9.17) is 4.74 Å². The molecule has 0 saturated carbocycles. The SMILES string of the molecule is COCC1=CCC(C(C)C)=C(CC/N=[SH](/C)=O)C(C(C)C)=C1. The minimum atomic E-state index is -1.41. The van der Waals surface area contributed by atoms with Crippen molar-refractivity contribution in [2.24, 2.45) is 16.2 Å². The highest BCUT2D eigenvalue weighted by atomic mass is 32.2. The number of thiol groups is 1. The lowest BCUT2D eigenvalue weighted by Gasteiger charge is -2.21. The average Bonchev–Trinajstić information content (AvgIpc) is 2.59. The molecule has 0 spiro atoms. The van der Waals surface area contributed by atoms with Gasteiger partial charge in [-0.15, -0.1) is 0 Å². The molecule has 0 aromatic heterocycles. The van der Waals surface area contributed by atoms with Crippen molar-refractivity contribution < 1.29 is 8.95 Å². The molecule has 4 heteroatoms. The molecule has 1 aliphatic carbocycles. The van der Waals surface area contributed by atoms with E-state index in [9.17, 15) is 4.21 Å². The molecule has 0 aromatic rings. The van der Waals surface area contributed by atoms with E-state index < -0.39 is 10.6 Å². The van der Waals surface area contributed by atoms with Crippen LogP contribution in [0.3, 0.4) is 0 Å². The molecule has 3 nitrogen and oxygen atoms in total. The van der Waals surface area contributed by atoms with Gasteiger partial charge in [0.05, 0.1) is 13.2 Å². The van der Waals surface area contributed by atoms with Crippen molar-refractivity contribution in [1.29, 1.82) is 0 Å². The Hall–Kier alpha value is -0.870. The number of hydrogen-bond donors (Lipinski definition) is 1. The number of hydrogen-bond acceptors (Lipinski definition) is 3. The first-order chi connectivity index (χ1) is 10.4. The highest BCUT2D eigenvalue weighted by Crippen LogP contribution is 2.34. The lowest BCUT2D eigenvalue weighted by atomic mass is 9.85. The molecule has 0 saturated heterocycles. The second-order valence-corrected chi connectivity index (χ2v) is 7.62. The van der Waals surface area contributed by atoms with Crippen LogP contribution in [0.5, 0.6) is 0 Å². The molecule has 0 heterocycles. The Morgan fingerprint density at radius 1 is 1.27 bits per heavy atom. The molecule has 0 aliphatic heterocycles. The van der Waals surface area contributed by atoms with Gasteiger partial charge in [-0.05, 0) is 41.4 Å². The largest absolute Gasteiger partial charge is 0.380 e. The van der Waals surface area contributed by atoms with Crippen LogP contribution in [0.25, 0.3) is 0 Å². The minimum absolute atomic E-state index is 0.456. The molecule has 1 unspecified atom stereocenters. The zero-order chi connectivity index (χ0) is 16.7. The summed E-state index contributed by atoms with van der Waals surface area (Å²) in [7, 11) is 0.331. The van der Waals surface area contributed by atoms with Crippen molar-refractivity contribution in [3.8, 4) is 0 Å². The Balaban J connectivity index is 3.22. The summed E-state index contributed by atoms with van der Waals surface area (Å²) in [6.07, 6.45) is 8.07. The van der Waals surface area contributed by atoms with Crippen molar-refractivity contribution >= 4 is 10.6 Å². The third-order valence-electron chi connectivity index (χ3n) is 3.95. The van der Waals surface area contributed by atoms with Gasteiger partial charge in [0, 0.05) is 24.0 Å². The topological polar surface area (TPSA) is 38.7 Å². The van der Waals surface area contributed by atoms with E-state index in [1.807, 2.05) is 0 Å². The Morgan fingerprint density at radius 2 is 1.95 bits per heavy atom. The van der Waals surface area contributed by atoms with Crippen molar-refractivity contribution in [2.75, 3.05) is 26.5 Å². The lowest BCUT2D eigenvalue weighted by Crippen LogP contribution is -2.07. The zero-order valence-electron chi connectivity index (χ0n) is 14.8. The second-order valence-electron chi connectivity index (χ2n) is 6.41. The van der Waals surface area contributed by atoms with Gasteiger partial charge in [-0.1, -0.05) is 45.4 Å². The van der Waals surface area contributed by atoms with Gasteiger partial charge in [-0.2, -0.15) is 0 Å². The smallest absolute Gasteiger partial charge is 0.0710 e. The van der Waals surface area contributed by atoms with E-state index in [1.165, 1.54) is 22.3 Å². The Labute approximate surface area is 137 Å². The molecule has 0 aromatic carbocycles. The highest BCUT2D eigenvalue weighted by molar-refractivity contribution is 7.74. The van der Waals surface area contributed by atoms with E-state index in [2.05, 4.69) is 44.2 Å². The molecule has 1 atom stereocenters. The van der Waals surface area contributed by atoms with Gasteiger partial charge in [0.2, 0.25) is 0 Å². The quantitative estimate of drug-likeness (QED) is 0.713. The van der Waals surface area contributed by atoms with Crippen LogP contribution in [-0.4, -0.2) is 30.7 Å². The van der Waals surface area contributed by atoms with Gasteiger partial charge >= 0.3 is 0 Å². The van der Waals surface area contributed by atoms with Crippen molar-refractivity contribution in [3.63, 3.8) is 0 Å². The average molecular weight is 326 g/mol. The maximum Gasteiger partial charge on any atom is 0.0710 e.